The van der Waals surface area contributed by atoms with Gasteiger partial charge in [0.1, 0.15) is 19.0 Å². The third-order valence-corrected chi connectivity index (χ3v) is 4.91. The minimum absolute atomic E-state index is 0.0257. The maximum absolute atomic E-state index is 11.5. The molecule has 0 atom stereocenters. The number of carbonyl (C=O) groups is 3. The third-order valence-electron chi connectivity index (χ3n) is 4.11. The van der Waals surface area contributed by atoms with Crippen LogP contribution in [0.5, 0.6) is 5.75 Å². The Hall–Kier alpha value is -3.36. The van der Waals surface area contributed by atoms with E-state index in [1.165, 1.54) is 0 Å². The van der Waals surface area contributed by atoms with Gasteiger partial charge in [0, 0.05) is 24.7 Å². The maximum atomic E-state index is 11.5. The van der Waals surface area contributed by atoms with Crippen molar-refractivity contribution in [3.8, 4) is 17.2 Å². The third kappa shape index (κ3) is 8.73. The lowest BCUT2D eigenvalue weighted by molar-refractivity contribution is -0.200. The van der Waals surface area contributed by atoms with Crippen LogP contribution in [-0.4, -0.2) is 80.8 Å². The van der Waals surface area contributed by atoms with E-state index in [1.807, 2.05) is 13.8 Å². The van der Waals surface area contributed by atoms with Crippen molar-refractivity contribution < 1.29 is 46.3 Å². The number of benzene rings is 1. The zero-order chi connectivity index (χ0) is 25.8. The number of hydrogen-bond acceptors (Lipinski definition) is 12. The molecule has 0 radical (unpaired) electrons. The Kier molecular flexibility index (Phi) is 10.8. The van der Waals surface area contributed by atoms with E-state index in [0.717, 1.165) is 6.26 Å². The normalized spacial score (nSPS) is 13.4. The molecule has 1 aromatic heterocycles. The Morgan fingerprint density at radius 3 is 2.17 bits per heavy atom. The molecule has 0 N–H and O–H groups in total. The first-order valence-electron chi connectivity index (χ1n) is 10.7. The van der Waals surface area contributed by atoms with E-state index < -0.39 is 39.5 Å². The molecule has 1 aromatic carbocycles. The fourth-order valence-electron chi connectivity index (χ4n) is 2.55. The molecule has 3 rings (SSSR count). The van der Waals surface area contributed by atoms with Crippen molar-refractivity contribution in [2.75, 3.05) is 39.3 Å². The summed E-state index contributed by atoms with van der Waals surface area (Å²) >= 11 is 0. The minimum Gasteiger partial charge on any atom is -0.491 e. The molecule has 35 heavy (non-hydrogen) atoms. The zero-order valence-electron chi connectivity index (χ0n) is 19.6. The van der Waals surface area contributed by atoms with Gasteiger partial charge in [0.25, 0.3) is 11.8 Å². The molecular weight excluding hydrogens is 486 g/mol. The largest absolute Gasteiger partial charge is 0.491 e. The molecule has 1 fully saturated rings. The second kappa shape index (κ2) is 13.5. The molecule has 0 aliphatic carbocycles. The van der Waals surface area contributed by atoms with E-state index in [4.69, 9.17) is 18.6 Å². The van der Waals surface area contributed by atoms with Crippen molar-refractivity contribution in [1.82, 2.24) is 15.3 Å². The summed E-state index contributed by atoms with van der Waals surface area (Å²) in [6, 6.07) is 6.60. The van der Waals surface area contributed by atoms with E-state index in [2.05, 4.69) is 15.0 Å². The van der Waals surface area contributed by atoms with Crippen LogP contribution in [0.15, 0.2) is 33.9 Å². The standard InChI is InChI=1S/C19H21N3O10S.C2H6/c1-33(26,27)19-21-20-18(31-19)13-2-4-14(5-3-13)30-11-10-28-8-9-29-12-17(25)32-22-15(23)6-7-16(22)24;1-2/h2-5H,6-12H2,1H3;1-2H3. The Bertz CT molecular complexity index is 1080. The van der Waals surface area contributed by atoms with Gasteiger partial charge in [-0.2, -0.15) is 0 Å². The lowest BCUT2D eigenvalue weighted by atomic mass is 10.2. The van der Waals surface area contributed by atoms with Crippen LogP contribution >= 0.6 is 0 Å². The highest BCUT2D eigenvalue weighted by Gasteiger charge is 2.32. The second-order valence-corrected chi connectivity index (χ2v) is 8.62. The van der Waals surface area contributed by atoms with E-state index >= 15 is 0 Å². The molecule has 192 valence electrons. The van der Waals surface area contributed by atoms with E-state index in [0.29, 0.717) is 16.4 Å². The predicted molar refractivity (Wildman–Crippen MR) is 119 cm³/mol. The van der Waals surface area contributed by atoms with Crippen molar-refractivity contribution in [2.45, 2.75) is 31.9 Å². The lowest BCUT2D eigenvalue weighted by Gasteiger charge is -2.12. The summed E-state index contributed by atoms with van der Waals surface area (Å²) in [5.41, 5.74) is 0.537. The Morgan fingerprint density at radius 2 is 1.57 bits per heavy atom. The summed E-state index contributed by atoms with van der Waals surface area (Å²) in [6.07, 6.45) is 1.03. The van der Waals surface area contributed by atoms with Crippen LogP contribution in [-0.2, 0) is 38.5 Å². The van der Waals surface area contributed by atoms with Gasteiger partial charge in [0.15, 0.2) is 0 Å². The number of ether oxygens (including phenoxy) is 3. The number of nitrogens with zero attached hydrogens (tertiary/aromatic N) is 3. The van der Waals surface area contributed by atoms with Gasteiger partial charge in [-0.1, -0.05) is 18.9 Å². The van der Waals surface area contributed by atoms with E-state index in [1.54, 1.807) is 24.3 Å². The van der Waals surface area contributed by atoms with Crippen LogP contribution in [0, 0.1) is 0 Å². The highest BCUT2D eigenvalue weighted by atomic mass is 32.2. The molecule has 2 aromatic rings. The number of sulfone groups is 1. The average molecular weight is 514 g/mol. The molecule has 1 aliphatic heterocycles. The number of rotatable bonds is 12. The molecule has 0 unspecified atom stereocenters. The minimum atomic E-state index is -3.57. The van der Waals surface area contributed by atoms with Crippen LogP contribution in [0.4, 0.5) is 0 Å². The van der Waals surface area contributed by atoms with Crippen LogP contribution in [0.2, 0.25) is 0 Å². The van der Waals surface area contributed by atoms with Crippen molar-refractivity contribution >= 4 is 27.6 Å². The molecule has 1 saturated heterocycles. The summed E-state index contributed by atoms with van der Waals surface area (Å²) in [5.74, 6) is -1.33. The molecule has 13 nitrogen and oxygen atoms in total. The topological polar surface area (TPSA) is 164 Å². The van der Waals surface area contributed by atoms with Crippen molar-refractivity contribution in [1.29, 1.82) is 0 Å². The molecule has 0 saturated carbocycles. The predicted octanol–water partition coefficient (Wildman–Crippen LogP) is 1.19. The summed E-state index contributed by atoms with van der Waals surface area (Å²) < 4.78 is 43.8. The van der Waals surface area contributed by atoms with Gasteiger partial charge in [-0.25, -0.2) is 13.2 Å². The molecule has 0 spiro atoms. The number of amides is 2. The average Bonchev–Trinajstić information content (AvgIpc) is 3.46. The Morgan fingerprint density at radius 1 is 0.971 bits per heavy atom. The fourth-order valence-corrected chi connectivity index (χ4v) is 2.97. The summed E-state index contributed by atoms with van der Waals surface area (Å²) in [5, 5.41) is 7.21. The second-order valence-electron chi connectivity index (χ2n) is 6.73. The number of imide groups is 1. The van der Waals surface area contributed by atoms with Crippen molar-refractivity contribution in [2.24, 2.45) is 0 Å². The molecule has 2 heterocycles. The Balaban J connectivity index is 0.00000210. The highest BCUT2D eigenvalue weighted by Crippen LogP contribution is 2.22. The SMILES string of the molecule is CC.CS(=O)(=O)c1nnc(-c2ccc(OCCOCCOCC(=O)ON3C(=O)CCC3=O)cc2)o1. The first-order chi connectivity index (χ1) is 16.7. The van der Waals surface area contributed by atoms with Crippen molar-refractivity contribution in [3.63, 3.8) is 0 Å². The van der Waals surface area contributed by atoms with Gasteiger partial charge in [-0.05, 0) is 24.3 Å². The molecular formula is C21H27N3O10S. The lowest BCUT2D eigenvalue weighted by Crippen LogP contribution is -2.33. The monoisotopic (exact) mass is 513 g/mol. The number of carbonyl (C=O) groups excluding carboxylic acids is 3. The van der Waals surface area contributed by atoms with Crippen LogP contribution in [0.1, 0.15) is 26.7 Å². The summed E-state index contributed by atoms with van der Waals surface area (Å²) in [6.45, 7) is 4.38. The molecule has 14 heteroatoms. The fraction of sp³-hybridized carbons (Fsp3) is 0.476. The van der Waals surface area contributed by atoms with E-state index in [-0.39, 0.29) is 45.2 Å². The van der Waals surface area contributed by atoms with Gasteiger partial charge >= 0.3 is 11.2 Å². The first kappa shape index (κ1) is 27.9. The first-order valence-corrected chi connectivity index (χ1v) is 12.6. The molecule has 1 aliphatic rings. The zero-order valence-corrected chi connectivity index (χ0v) is 20.4. The van der Waals surface area contributed by atoms with Gasteiger partial charge in [0.2, 0.25) is 15.7 Å². The summed E-state index contributed by atoms with van der Waals surface area (Å²) in [4.78, 5) is 38.9. The van der Waals surface area contributed by atoms with Gasteiger partial charge in [0.05, 0.1) is 19.8 Å². The number of hydroxylamine groups is 2. The molecule has 2 amide bonds. The van der Waals surface area contributed by atoms with Gasteiger partial charge in [-0.3, -0.25) is 9.59 Å². The maximum Gasteiger partial charge on any atom is 0.358 e. The van der Waals surface area contributed by atoms with E-state index in [9.17, 15) is 22.8 Å². The van der Waals surface area contributed by atoms with Crippen LogP contribution < -0.4 is 4.74 Å². The quantitative estimate of drug-likeness (QED) is 0.294. The smallest absolute Gasteiger partial charge is 0.358 e. The van der Waals surface area contributed by atoms with Crippen LogP contribution in [0.3, 0.4) is 0 Å². The highest BCUT2D eigenvalue weighted by molar-refractivity contribution is 7.90. The Labute approximate surface area is 202 Å². The number of aromatic nitrogens is 2. The van der Waals surface area contributed by atoms with Gasteiger partial charge in [-0.15, -0.1) is 10.2 Å². The number of hydrogen-bond donors (Lipinski definition) is 0. The summed E-state index contributed by atoms with van der Waals surface area (Å²) in [7, 11) is -3.57. The molecule has 0 bridgehead atoms. The van der Waals surface area contributed by atoms with Crippen molar-refractivity contribution in [3.05, 3.63) is 24.3 Å². The van der Waals surface area contributed by atoms with Gasteiger partial charge < -0.3 is 23.5 Å². The van der Waals surface area contributed by atoms with Crippen LogP contribution in [0.25, 0.3) is 11.5 Å².